The Morgan fingerprint density at radius 1 is 1.23 bits per heavy atom. The molecule has 26 heavy (non-hydrogen) atoms. The van der Waals surface area contributed by atoms with E-state index in [1.165, 1.54) is 43.5 Å². The highest BCUT2D eigenvalue weighted by atomic mass is 32.2. The highest BCUT2D eigenvalue weighted by Crippen LogP contribution is 2.38. The Bertz CT molecular complexity index is 1020. The summed E-state index contributed by atoms with van der Waals surface area (Å²) in [5, 5.41) is 0. The minimum absolute atomic E-state index is 0.0610. The normalized spacial score (nSPS) is 15.3. The Kier molecular flexibility index (Phi) is 4.52. The lowest BCUT2D eigenvalue weighted by Gasteiger charge is -2.31. The lowest BCUT2D eigenvalue weighted by atomic mass is 10.1. The van der Waals surface area contributed by atoms with Crippen LogP contribution in [0, 0.1) is 0 Å². The van der Waals surface area contributed by atoms with Crippen LogP contribution in [0.1, 0.15) is 23.0 Å². The quantitative estimate of drug-likeness (QED) is 0.591. The van der Waals surface area contributed by atoms with E-state index < -0.39 is 21.8 Å². The summed E-state index contributed by atoms with van der Waals surface area (Å²) in [6.45, 7) is 4.59. The van der Waals surface area contributed by atoms with Crippen LogP contribution in [-0.4, -0.2) is 31.0 Å². The van der Waals surface area contributed by atoms with Crippen LogP contribution in [0.25, 0.3) is 5.76 Å². The third kappa shape index (κ3) is 2.84. The molecule has 1 aliphatic heterocycles. The summed E-state index contributed by atoms with van der Waals surface area (Å²) in [5.41, 5.74) is -0.0959. The van der Waals surface area contributed by atoms with Gasteiger partial charge in [0, 0.05) is 12.5 Å². The van der Waals surface area contributed by atoms with Gasteiger partial charge in [-0.1, -0.05) is 18.2 Å². The van der Waals surface area contributed by atoms with Crippen LogP contribution in [-0.2, 0) is 19.6 Å². The van der Waals surface area contributed by atoms with Crippen molar-refractivity contribution in [1.29, 1.82) is 0 Å². The van der Waals surface area contributed by atoms with Gasteiger partial charge in [-0.05, 0) is 24.3 Å². The van der Waals surface area contributed by atoms with E-state index in [0.717, 1.165) is 4.31 Å². The molecule has 0 aliphatic carbocycles. The van der Waals surface area contributed by atoms with Gasteiger partial charge in [0.2, 0.25) is 5.76 Å². The summed E-state index contributed by atoms with van der Waals surface area (Å²) >= 11 is 0. The second-order valence-corrected chi connectivity index (χ2v) is 7.25. The summed E-state index contributed by atoms with van der Waals surface area (Å²) in [5.74, 6) is -1.60. The SMILES string of the molecule is C=CCN1C(C(C)=O)=C(OC(=O)c2ccco2)c2ccccc2S1(=O)=O. The Hall–Kier alpha value is -3.13. The zero-order valence-electron chi connectivity index (χ0n) is 13.8. The Balaban J connectivity index is 2.24. The number of allylic oxidation sites excluding steroid dienone is 1. The predicted molar refractivity (Wildman–Crippen MR) is 92.3 cm³/mol. The number of sulfonamides is 1. The van der Waals surface area contributed by atoms with E-state index in [-0.39, 0.29) is 34.2 Å². The molecule has 0 saturated heterocycles. The molecule has 1 aromatic carbocycles. The molecular formula is C18H15NO6S. The van der Waals surface area contributed by atoms with Crippen molar-refractivity contribution >= 4 is 27.5 Å². The van der Waals surface area contributed by atoms with Crippen molar-refractivity contribution in [2.75, 3.05) is 6.54 Å². The third-order valence-corrected chi connectivity index (χ3v) is 5.53. The Labute approximate surface area is 150 Å². The van der Waals surface area contributed by atoms with Gasteiger partial charge in [0.05, 0.1) is 17.7 Å². The fraction of sp³-hybridized carbons (Fsp3) is 0.111. The lowest BCUT2D eigenvalue weighted by Crippen LogP contribution is -2.38. The van der Waals surface area contributed by atoms with Gasteiger partial charge < -0.3 is 9.15 Å². The van der Waals surface area contributed by atoms with Crippen molar-refractivity contribution in [2.45, 2.75) is 11.8 Å². The topological polar surface area (TPSA) is 93.9 Å². The number of furan rings is 1. The first kappa shape index (κ1) is 17.7. The van der Waals surface area contributed by atoms with Crippen LogP contribution >= 0.6 is 0 Å². The van der Waals surface area contributed by atoms with Crippen molar-refractivity contribution in [1.82, 2.24) is 4.31 Å². The van der Waals surface area contributed by atoms with E-state index in [2.05, 4.69) is 6.58 Å². The fourth-order valence-corrected chi connectivity index (χ4v) is 4.32. The number of ketones is 1. The zero-order valence-corrected chi connectivity index (χ0v) is 14.7. The molecule has 0 unspecified atom stereocenters. The molecule has 2 aromatic rings. The molecule has 0 bridgehead atoms. The van der Waals surface area contributed by atoms with Crippen LogP contribution in [0.5, 0.6) is 0 Å². The molecule has 0 fully saturated rings. The third-order valence-electron chi connectivity index (χ3n) is 3.71. The van der Waals surface area contributed by atoms with Gasteiger partial charge in [-0.25, -0.2) is 13.2 Å². The summed E-state index contributed by atoms with van der Waals surface area (Å²) in [4.78, 5) is 24.5. The molecule has 0 saturated carbocycles. The average Bonchev–Trinajstić information content (AvgIpc) is 3.14. The van der Waals surface area contributed by atoms with Crippen LogP contribution in [0.2, 0.25) is 0 Å². The van der Waals surface area contributed by atoms with Gasteiger partial charge in [-0.2, -0.15) is 0 Å². The van der Waals surface area contributed by atoms with Crippen molar-refractivity contribution in [3.8, 4) is 0 Å². The second kappa shape index (κ2) is 6.64. The van der Waals surface area contributed by atoms with E-state index in [1.807, 2.05) is 0 Å². The molecular weight excluding hydrogens is 358 g/mol. The largest absolute Gasteiger partial charge is 0.457 e. The summed E-state index contributed by atoms with van der Waals surface area (Å²) < 4.78 is 37.1. The first-order chi connectivity index (χ1) is 12.4. The first-order valence-electron chi connectivity index (χ1n) is 7.62. The highest BCUT2D eigenvalue weighted by Gasteiger charge is 2.40. The summed E-state index contributed by atoms with van der Waals surface area (Å²) in [7, 11) is -3.99. The number of carbonyl (C=O) groups is 2. The number of hydrogen-bond acceptors (Lipinski definition) is 6. The number of rotatable bonds is 5. The molecule has 2 heterocycles. The van der Waals surface area contributed by atoms with Crippen LogP contribution in [0.15, 0.2) is 70.3 Å². The van der Waals surface area contributed by atoms with Gasteiger partial charge in [0.25, 0.3) is 10.0 Å². The van der Waals surface area contributed by atoms with Crippen LogP contribution in [0.4, 0.5) is 0 Å². The maximum atomic E-state index is 12.9. The van der Waals surface area contributed by atoms with Crippen LogP contribution in [0.3, 0.4) is 0 Å². The number of esters is 1. The standard InChI is InChI=1S/C18H15NO6S/c1-3-10-19-16(12(2)20)17(25-18(21)14-8-6-11-24-14)13-7-4-5-9-15(13)26(19,22)23/h3-9,11H,1,10H2,2H3. The van der Waals surface area contributed by atoms with E-state index in [9.17, 15) is 18.0 Å². The van der Waals surface area contributed by atoms with Crippen molar-refractivity contribution < 1.29 is 27.2 Å². The number of ether oxygens (including phenoxy) is 1. The molecule has 0 radical (unpaired) electrons. The van der Waals surface area contributed by atoms with E-state index >= 15 is 0 Å². The fourth-order valence-electron chi connectivity index (χ4n) is 2.64. The van der Waals surface area contributed by atoms with Gasteiger partial charge in [-0.3, -0.25) is 9.10 Å². The molecule has 1 aliphatic rings. The lowest BCUT2D eigenvalue weighted by molar-refractivity contribution is -0.114. The van der Waals surface area contributed by atoms with Crippen molar-refractivity contribution in [2.24, 2.45) is 0 Å². The van der Waals surface area contributed by atoms with Gasteiger partial charge >= 0.3 is 5.97 Å². The maximum absolute atomic E-state index is 12.9. The van der Waals surface area contributed by atoms with Crippen molar-refractivity contribution in [3.63, 3.8) is 0 Å². The minimum atomic E-state index is -3.99. The van der Waals surface area contributed by atoms with E-state index in [1.54, 1.807) is 12.1 Å². The molecule has 3 rings (SSSR count). The van der Waals surface area contributed by atoms with E-state index in [4.69, 9.17) is 9.15 Å². The molecule has 0 spiro atoms. The van der Waals surface area contributed by atoms with Gasteiger partial charge in [0.15, 0.2) is 11.5 Å². The zero-order chi connectivity index (χ0) is 18.9. The van der Waals surface area contributed by atoms with E-state index in [0.29, 0.717) is 0 Å². The molecule has 1 aromatic heterocycles. The molecule has 7 nitrogen and oxygen atoms in total. The number of fused-ring (bicyclic) bond motifs is 1. The molecule has 0 atom stereocenters. The number of nitrogens with zero attached hydrogens (tertiary/aromatic N) is 1. The summed E-state index contributed by atoms with van der Waals surface area (Å²) in [6.07, 6.45) is 2.65. The maximum Gasteiger partial charge on any atom is 0.379 e. The summed E-state index contributed by atoms with van der Waals surface area (Å²) in [6, 6.07) is 8.93. The molecule has 134 valence electrons. The van der Waals surface area contributed by atoms with Crippen molar-refractivity contribution in [3.05, 3.63) is 72.3 Å². The van der Waals surface area contributed by atoms with Gasteiger partial charge in [0.1, 0.15) is 5.70 Å². The highest BCUT2D eigenvalue weighted by molar-refractivity contribution is 7.89. The molecule has 0 amide bonds. The Morgan fingerprint density at radius 3 is 2.58 bits per heavy atom. The minimum Gasteiger partial charge on any atom is -0.457 e. The number of hydrogen-bond donors (Lipinski definition) is 0. The number of benzene rings is 1. The number of carbonyl (C=O) groups excluding carboxylic acids is 2. The van der Waals surface area contributed by atoms with Gasteiger partial charge in [-0.15, -0.1) is 6.58 Å². The second-order valence-electron chi connectivity index (χ2n) is 5.42. The predicted octanol–water partition coefficient (Wildman–Crippen LogP) is 2.58. The smallest absolute Gasteiger partial charge is 0.379 e. The first-order valence-corrected chi connectivity index (χ1v) is 9.06. The number of Topliss-reactive ketones (excluding diaryl/α,β-unsaturated/α-hetero) is 1. The average molecular weight is 373 g/mol. The molecule has 8 heteroatoms. The molecule has 0 N–H and O–H groups in total. The van der Waals surface area contributed by atoms with Crippen LogP contribution < -0.4 is 0 Å². The Morgan fingerprint density at radius 2 is 1.96 bits per heavy atom. The monoisotopic (exact) mass is 373 g/mol.